The number of carbonyl (C=O) groups is 1. The number of amides is 1. The van der Waals surface area contributed by atoms with Crippen LogP contribution in [-0.4, -0.2) is 103 Å². The summed E-state index contributed by atoms with van der Waals surface area (Å²) in [5.41, 5.74) is 13.2. The number of imidazole rings is 1. The molecule has 2 unspecified atom stereocenters. The lowest BCUT2D eigenvalue weighted by molar-refractivity contribution is -0.438. The van der Waals surface area contributed by atoms with Crippen molar-refractivity contribution in [3.05, 3.63) is 186 Å². The molecule has 20 nitrogen and oxygen atoms in total. The molecule has 0 saturated heterocycles. The van der Waals surface area contributed by atoms with Gasteiger partial charge in [0, 0.05) is 72.2 Å². The first-order valence-electron chi connectivity index (χ1n) is 28.7. The number of benzene rings is 4. The molecule has 0 fully saturated rings. The summed E-state index contributed by atoms with van der Waals surface area (Å²) in [6.45, 7) is 5.40. The van der Waals surface area contributed by atoms with Crippen molar-refractivity contribution >= 4 is 80.2 Å². The van der Waals surface area contributed by atoms with Gasteiger partial charge >= 0.3 is 0 Å². The number of aromatic amines is 1. The van der Waals surface area contributed by atoms with Gasteiger partial charge in [-0.2, -0.15) is 38.2 Å². The van der Waals surface area contributed by atoms with E-state index in [1.165, 1.54) is 24.3 Å². The lowest BCUT2D eigenvalue weighted by Crippen LogP contribution is -2.31. The van der Waals surface area contributed by atoms with Crippen molar-refractivity contribution in [2.75, 3.05) is 35.2 Å². The molecule has 1 aromatic heterocycles. The lowest BCUT2D eigenvalue weighted by Gasteiger charge is -2.30. The third-order valence-electron chi connectivity index (χ3n) is 16.0. The summed E-state index contributed by atoms with van der Waals surface area (Å²) in [6, 6.07) is 20.1. The Kier molecular flexibility index (Phi) is 21.3. The van der Waals surface area contributed by atoms with Crippen molar-refractivity contribution in [1.29, 1.82) is 0 Å². The van der Waals surface area contributed by atoms with Crippen molar-refractivity contribution in [1.82, 2.24) is 15.3 Å². The number of aromatic nitrogens is 2. The second kappa shape index (κ2) is 28.3. The summed E-state index contributed by atoms with van der Waals surface area (Å²) >= 11 is 0. The van der Waals surface area contributed by atoms with Crippen molar-refractivity contribution in [3.63, 3.8) is 0 Å². The van der Waals surface area contributed by atoms with Crippen molar-refractivity contribution in [2.24, 2.45) is 0 Å². The molecule has 0 bridgehead atoms. The molecule has 24 heteroatoms. The number of hydrogen-bond donors (Lipinski definition) is 7. The molecule has 4 aromatic carbocycles. The maximum absolute atomic E-state index is 13.1. The summed E-state index contributed by atoms with van der Waals surface area (Å²) in [7, 11) is -17.8. The molecule has 87 heavy (non-hydrogen) atoms. The maximum Gasteiger partial charge on any atom is 0.294 e. The van der Waals surface area contributed by atoms with Crippen LogP contribution < -0.4 is 20.7 Å². The van der Waals surface area contributed by atoms with Gasteiger partial charge in [-0.3, -0.25) is 23.0 Å². The monoisotopic (exact) mass is 1270 g/mol. The number of fused-ring (bicyclic) bond motifs is 3. The number of ether oxygens (including phenoxy) is 1. The Hall–Kier alpha value is -7.29. The Bertz CT molecular complexity index is 4090. The number of anilines is 2. The van der Waals surface area contributed by atoms with E-state index in [1.807, 2.05) is 105 Å². The largest absolute Gasteiger partial charge is 0.486 e. The van der Waals surface area contributed by atoms with Gasteiger partial charge in [0.15, 0.2) is 5.71 Å². The molecule has 1 aliphatic carbocycles. The van der Waals surface area contributed by atoms with E-state index in [4.69, 9.17) is 10.5 Å². The zero-order chi connectivity index (χ0) is 62.6. The highest BCUT2D eigenvalue weighted by molar-refractivity contribution is 7.86. The molecular formula is C63H75N6O14S4+. The van der Waals surface area contributed by atoms with E-state index in [0.29, 0.717) is 123 Å². The van der Waals surface area contributed by atoms with E-state index in [0.717, 1.165) is 33.6 Å². The molecule has 3 heterocycles. The Morgan fingerprint density at radius 1 is 0.713 bits per heavy atom. The van der Waals surface area contributed by atoms with Crippen LogP contribution in [0, 0.1) is 0 Å². The number of rotatable bonds is 30. The average Bonchev–Trinajstić information content (AvgIpc) is 1.61. The number of nitrogens with two attached hydrogens (primary N) is 1. The van der Waals surface area contributed by atoms with Gasteiger partial charge < -0.3 is 25.7 Å². The minimum absolute atomic E-state index is 0.108. The van der Waals surface area contributed by atoms with Crippen LogP contribution in [-0.2, 0) is 69.2 Å². The van der Waals surface area contributed by atoms with E-state index in [9.17, 15) is 56.7 Å². The summed E-state index contributed by atoms with van der Waals surface area (Å²) in [4.78, 5) is 21.9. The van der Waals surface area contributed by atoms with Crippen LogP contribution in [0.4, 0.5) is 17.1 Å². The molecule has 464 valence electrons. The molecule has 0 spiro atoms. The molecule has 2 atom stereocenters. The number of nitrogens with zero attached hydrogens (tertiary/aromatic N) is 3. The van der Waals surface area contributed by atoms with Crippen LogP contribution in [0.1, 0.15) is 113 Å². The Morgan fingerprint density at radius 2 is 1.37 bits per heavy atom. The van der Waals surface area contributed by atoms with Gasteiger partial charge in [-0.25, -0.2) is 4.98 Å². The molecule has 5 aromatic rings. The maximum atomic E-state index is 13.1. The van der Waals surface area contributed by atoms with Crippen LogP contribution in [0.2, 0.25) is 0 Å². The van der Waals surface area contributed by atoms with Crippen LogP contribution in [0.15, 0.2) is 173 Å². The lowest BCUT2D eigenvalue weighted by atomic mass is 9.75. The zero-order valence-corrected chi connectivity index (χ0v) is 51.9. The Morgan fingerprint density at radius 3 is 2.07 bits per heavy atom. The molecule has 1 amide bonds. The summed E-state index contributed by atoms with van der Waals surface area (Å²) in [5, 5.41) is 3.00. The summed E-state index contributed by atoms with van der Waals surface area (Å²) in [6.07, 6.45) is 29.6. The van der Waals surface area contributed by atoms with E-state index < -0.39 is 62.8 Å². The second-order valence-corrected chi connectivity index (χ2v) is 28.4. The predicted octanol–water partition coefficient (Wildman–Crippen LogP) is 10.7. The number of H-pyrrole nitrogens is 1. The van der Waals surface area contributed by atoms with Crippen LogP contribution in [0.3, 0.4) is 0 Å². The van der Waals surface area contributed by atoms with Gasteiger partial charge in [-0.05, 0) is 124 Å². The molecular weight excluding hydrogens is 1190 g/mol. The Balaban J connectivity index is 1.02. The fourth-order valence-electron chi connectivity index (χ4n) is 11.6. The fraction of sp³-hybridized carbons (Fsp3) is 0.349. The third-order valence-corrected chi connectivity index (χ3v) is 19.3. The smallest absolute Gasteiger partial charge is 0.294 e. The SMILES string of the molecule is CC1(CCCCS(=O)(=O)O)C(/C=C/C=C/C=C2/N(CCCCCC(=O)NCc3ccc(COc4cc(N)cc5[nH]cnc45)cc3)c3ccc(S(=O)(=O)O)cc3C2(C)CCCCS(=O)(=O)O)=[N+](CCCC2=C/C=C\C=C/C=C\2)c2ccc(S(=O)(=O)O)cc21. The second-order valence-electron chi connectivity index (χ2n) is 22.4. The molecule has 2 aliphatic heterocycles. The van der Waals surface area contributed by atoms with Crippen LogP contribution in [0.25, 0.3) is 11.0 Å². The molecule has 3 aliphatic rings. The van der Waals surface area contributed by atoms with E-state index in [1.54, 1.807) is 36.7 Å². The van der Waals surface area contributed by atoms with Crippen molar-refractivity contribution in [2.45, 2.75) is 125 Å². The Labute approximate surface area is 509 Å². The van der Waals surface area contributed by atoms with E-state index >= 15 is 0 Å². The molecule has 8 rings (SSSR count). The number of nitrogens with one attached hydrogen (secondary N) is 2. The quantitative estimate of drug-likeness (QED) is 0.00739. The molecule has 0 saturated carbocycles. The van der Waals surface area contributed by atoms with Gasteiger partial charge in [-0.1, -0.05) is 104 Å². The highest BCUT2D eigenvalue weighted by Crippen LogP contribution is 2.52. The highest BCUT2D eigenvalue weighted by atomic mass is 32.2. The minimum atomic E-state index is -4.65. The molecule has 8 N–H and O–H groups in total. The molecule has 0 radical (unpaired) electrons. The highest BCUT2D eigenvalue weighted by Gasteiger charge is 2.48. The summed E-state index contributed by atoms with van der Waals surface area (Å²) in [5.74, 6) is -0.496. The van der Waals surface area contributed by atoms with Gasteiger partial charge in [0.1, 0.15) is 24.4 Å². The average molecular weight is 1270 g/mol. The number of hydrogen-bond acceptors (Lipinski definition) is 13. The fourth-order valence-corrected chi connectivity index (χ4v) is 13.7. The van der Waals surface area contributed by atoms with Gasteiger partial charge in [0.25, 0.3) is 40.5 Å². The third kappa shape index (κ3) is 17.5. The predicted molar refractivity (Wildman–Crippen MR) is 338 cm³/mol. The zero-order valence-electron chi connectivity index (χ0n) is 48.6. The number of unbranched alkanes of at least 4 members (excludes halogenated alkanes) is 4. The normalized spacial score (nSPS) is 20.2. The first kappa shape index (κ1) is 65.7. The van der Waals surface area contributed by atoms with Crippen molar-refractivity contribution in [3.8, 4) is 5.75 Å². The van der Waals surface area contributed by atoms with Crippen LogP contribution >= 0.6 is 0 Å². The van der Waals surface area contributed by atoms with Gasteiger partial charge in [0.2, 0.25) is 11.6 Å². The first-order valence-corrected chi connectivity index (χ1v) is 34.8. The first-order chi connectivity index (χ1) is 41.2. The number of carbonyl (C=O) groups excluding carboxylic acids is 1. The van der Waals surface area contributed by atoms with Gasteiger partial charge in [0.05, 0.1) is 38.6 Å². The summed E-state index contributed by atoms with van der Waals surface area (Å²) < 4.78 is 145. The standard InChI is InChI=1S/C63H74N6O14S4/c1-62(33-13-16-37-84(71,72)73)52-41-50(86(77,78)79)29-31-55(52)68(35-15-7-12-24-60(70)65-43-47-25-27-48(28-26-47)44-83-57-40-49(64)39-54-61(57)67-45-66-54)58(62)22-10-6-11-23-59-63(2,34-14-17-38-85(74,75)76)53-42-51(87(80,81)82)30-32-56(53)69(59)36-18-21-46-19-8-4-3-5-9-20-46/h3-6,8-11,19-20,22-23,25-32,39-42,45H,7,12-18,21,24,33-38,43-44,64H2,1-2H3,(H5-,65,66,67,70,71,72,73,74,75,76,77,78,79,80,81,82)/p+1/b4-3-,5-3?,8-4?,9-5-,19-8-,20-9?,46-19?,46-20+. The topological polar surface area (TPSA) is 317 Å². The van der Waals surface area contributed by atoms with Crippen LogP contribution in [0.5, 0.6) is 5.75 Å². The van der Waals surface area contributed by atoms with Gasteiger partial charge in [-0.15, -0.1) is 0 Å². The number of nitrogen functional groups attached to an aromatic ring is 1. The van der Waals surface area contributed by atoms with Crippen molar-refractivity contribution < 1.29 is 66.0 Å². The minimum Gasteiger partial charge on any atom is -0.486 e. The van der Waals surface area contributed by atoms with E-state index in [2.05, 4.69) is 24.8 Å². The number of allylic oxidation sites excluding steroid dienone is 14. The van der Waals surface area contributed by atoms with E-state index in [-0.39, 0.29) is 35.0 Å².